The molecule has 1 aromatic carbocycles. The van der Waals surface area contributed by atoms with Crippen molar-refractivity contribution in [2.75, 3.05) is 26.2 Å². The fraction of sp³-hybridized carbons (Fsp3) is 0.619. The van der Waals surface area contributed by atoms with Crippen molar-refractivity contribution in [3.63, 3.8) is 0 Å². The lowest BCUT2D eigenvalue weighted by Gasteiger charge is -2.45. The van der Waals surface area contributed by atoms with Gasteiger partial charge in [0.1, 0.15) is 5.75 Å². The minimum atomic E-state index is -0.0869. The maximum Gasteiger partial charge on any atom is 0.254 e. The quantitative estimate of drug-likeness (QED) is 0.787. The number of benzene rings is 1. The molecule has 3 fully saturated rings. The molecule has 2 bridgehead atoms. The van der Waals surface area contributed by atoms with Crippen LogP contribution in [0.15, 0.2) is 24.3 Å². The number of carbonyl (C=O) groups excluding carboxylic acids is 2. The van der Waals surface area contributed by atoms with Crippen LogP contribution in [0, 0.1) is 17.8 Å². The zero-order valence-corrected chi connectivity index (χ0v) is 16.9. The van der Waals surface area contributed by atoms with Crippen LogP contribution in [-0.2, 0) is 4.79 Å². The second-order valence-electron chi connectivity index (χ2n) is 8.36. The summed E-state index contributed by atoms with van der Waals surface area (Å²) < 4.78 is 0. The van der Waals surface area contributed by atoms with Gasteiger partial charge in [-0.2, -0.15) is 0 Å². The first-order chi connectivity index (χ1) is 13.0. The van der Waals surface area contributed by atoms with E-state index in [4.69, 9.17) is 5.73 Å². The van der Waals surface area contributed by atoms with Crippen LogP contribution in [0.2, 0.25) is 0 Å². The number of nitrogens with zero attached hydrogens (tertiary/aromatic N) is 2. The molecular formula is C21H30ClN3O3. The molecule has 154 valence electrons. The van der Waals surface area contributed by atoms with Crippen LogP contribution in [0.4, 0.5) is 0 Å². The van der Waals surface area contributed by atoms with Gasteiger partial charge < -0.3 is 20.6 Å². The molecule has 0 radical (unpaired) electrons. The van der Waals surface area contributed by atoms with E-state index < -0.39 is 0 Å². The fourth-order valence-corrected chi connectivity index (χ4v) is 5.20. The first-order valence-electron chi connectivity index (χ1n) is 10.2. The van der Waals surface area contributed by atoms with E-state index in [1.807, 2.05) is 4.90 Å². The summed E-state index contributed by atoms with van der Waals surface area (Å²) in [4.78, 5) is 29.3. The Morgan fingerprint density at radius 3 is 2.21 bits per heavy atom. The van der Waals surface area contributed by atoms with Crippen molar-refractivity contribution < 1.29 is 14.7 Å². The van der Waals surface area contributed by atoms with E-state index in [0.29, 0.717) is 43.6 Å². The van der Waals surface area contributed by atoms with E-state index in [-0.39, 0.29) is 41.9 Å². The third-order valence-electron chi connectivity index (χ3n) is 6.73. The Balaban J connectivity index is 0.00000225. The number of phenols is 1. The lowest BCUT2D eigenvalue weighted by molar-refractivity contribution is -0.140. The molecule has 3 N–H and O–H groups in total. The van der Waals surface area contributed by atoms with Crippen molar-refractivity contribution >= 4 is 24.2 Å². The van der Waals surface area contributed by atoms with Crippen molar-refractivity contribution in [3.05, 3.63) is 29.8 Å². The predicted molar refractivity (Wildman–Crippen MR) is 109 cm³/mol. The summed E-state index contributed by atoms with van der Waals surface area (Å²) >= 11 is 0. The monoisotopic (exact) mass is 407 g/mol. The molecule has 1 heterocycles. The molecule has 2 amide bonds. The SMILES string of the molecule is Cl.NC1C2CCCC1CC(C(=O)N1CCN(C(=O)c3cccc(O)c3)CC1)C2. The summed E-state index contributed by atoms with van der Waals surface area (Å²) in [7, 11) is 0. The average Bonchev–Trinajstić information content (AvgIpc) is 2.67. The van der Waals surface area contributed by atoms with E-state index in [1.54, 1.807) is 23.1 Å². The van der Waals surface area contributed by atoms with E-state index in [0.717, 1.165) is 25.7 Å². The van der Waals surface area contributed by atoms with Crippen molar-refractivity contribution in [2.45, 2.75) is 38.1 Å². The third-order valence-corrected chi connectivity index (χ3v) is 6.73. The van der Waals surface area contributed by atoms with Crippen LogP contribution < -0.4 is 5.73 Å². The standard InChI is InChI=1S/C21H29N3O3.ClH/c22-19-14-3-1-4-15(19)12-17(11-14)21(27)24-9-7-23(8-10-24)20(26)16-5-2-6-18(25)13-16;/h2,5-6,13-15,17,19,25H,1,3-4,7-12,22H2;1H. The number of hydrogen-bond acceptors (Lipinski definition) is 4. The van der Waals surface area contributed by atoms with Crippen LogP contribution >= 0.6 is 12.4 Å². The van der Waals surface area contributed by atoms with Crippen molar-refractivity contribution in [1.29, 1.82) is 0 Å². The van der Waals surface area contributed by atoms with Gasteiger partial charge in [-0.25, -0.2) is 0 Å². The molecule has 1 saturated heterocycles. The molecule has 2 atom stereocenters. The molecule has 2 unspecified atom stereocenters. The normalized spacial score (nSPS) is 29.8. The van der Waals surface area contributed by atoms with Crippen molar-refractivity contribution in [2.24, 2.45) is 23.5 Å². The highest BCUT2D eigenvalue weighted by molar-refractivity contribution is 5.94. The third kappa shape index (κ3) is 4.13. The molecule has 2 aliphatic carbocycles. The van der Waals surface area contributed by atoms with E-state index in [2.05, 4.69) is 0 Å². The van der Waals surface area contributed by atoms with Gasteiger partial charge in [0.25, 0.3) is 5.91 Å². The highest BCUT2D eigenvalue weighted by Crippen LogP contribution is 2.42. The Morgan fingerprint density at radius 1 is 1.00 bits per heavy atom. The fourth-order valence-electron chi connectivity index (χ4n) is 5.20. The molecule has 1 aliphatic heterocycles. The smallest absolute Gasteiger partial charge is 0.254 e. The number of carbonyl (C=O) groups is 2. The lowest BCUT2D eigenvalue weighted by atomic mass is 9.65. The molecule has 28 heavy (non-hydrogen) atoms. The van der Waals surface area contributed by atoms with Gasteiger partial charge in [0.15, 0.2) is 0 Å². The largest absolute Gasteiger partial charge is 0.508 e. The summed E-state index contributed by atoms with van der Waals surface area (Å²) in [5.74, 6) is 1.36. The van der Waals surface area contributed by atoms with Gasteiger partial charge in [0, 0.05) is 43.7 Å². The second kappa shape index (κ2) is 8.70. The number of fused-ring (bicyclic) bond motifs is 2. The van der Waals surface area contributed by atoms with Gasteiger partial charge in [-0.15, -0.1) is 12.4 Å². The van der Waals surface area contributed by atoms with Crippen LogP contribution in [0.25, 0.3) is 0 Å². The number of halogens is 1. The van der Waals surface area contributed by atoms with Gasteiger partial charge in [-0.3, -0.25) is 9.59 Å². The molecule has 2 saturated carbocycles. The first kappa shape index (κ1) is 20.9. The molecule has 1 aromatic rings. The highest BCUT2D eigenvalue weighted by Gasteiger charge is 2.42. The van der Waals surface area contributed by atoms with E-state index in [1.165, 1.54) is 12.5 Å². The average molecular weight is 408 g/mol. The van der Waals surface area contributed by atoms with Crippen LogP contribution in [0.1, 0.15) is 42.5 Å². The zero-order valence-electron chi connectivity index (χ0n) is 16.1. The summed E-state index contributed by atoms with van der Waals surface area (Å²) in [6, 6.07) is 6.71. The number of rotatable bonds is 2. The number of amides is 2. The Kier molecular flexibility index (Phi) is 6.50. The maximum atomic E-state index is 13.0. The summed E-state index contributed by atoms with van der Waals surface area (Å²) in [5, 5.41) is 9.57. The summed E-state index contributed by atoms with van der Waals surface area (Å²) in [5.41, 5.74) is 6.85. The van der Waals surface area contributed by atoms with Gasteiger partial charge in [0.05, 0.1) is 0 Å². The van der Waals surface area contributed by atoms with Crippen LogP contribution in [-0.4, -0.2) is 58.9 Å². The molecule has 0 aromatic heterocycles. The number of piperazine rings is 1. The van der Waals surface area contributed by atoms with Crippen LogP contribution in [0.5, 0.6) is 5.75 Å². The second-order valence-corrected chi connectivity index (χ2v) is 8.36. The highest BCUT2D eigenvalue weighted by atomic mass is 35.5. The molecular weight excluding hydrogens is 378 g/mol. The zero-order chi connectivity index (χ0) is 19.0. The Morgan fingerprint density at radius 2 is 1.61 bits per heavy atom. The molecule has 0 spiro atoms. The van der Waals surface area contributed by atoms with Gasteiger partial charge >= 0.3 is 0 Å². The topological polar surface area (TPSA) is 86.9 Å². The number of nitrogens with two attached hydrogens (primary N) is 1. The minimum Gasteiger partial charge on any atom is -0.508 e. The van der Waals surface area contributed by atoms with Crippen LogP contribution in [0.3, 0.4) is 0 Å². The van der Waals surface area contributed by atoms with E-state index in [9.17, 15) is 14.7 Å². The first-order valence-corrected chi connectivity index (χ1v) is 10.2. The molecule has 7 heteroatoms. The van der Waals surface area contributed by atoms with Crippen molar-refractivity contribution in [1.82, 2.24) is 9.80 Å². The Hall–Kier alpha value is -1.79. The maximum absolute atomic E-state index is 13.0. The molecule has 3 aliphatic rings. The summed E-state index contributed by atoms with van der Waals surface area (Å²) in [6.07, 6.45) is 5.43. The van der Waals surface area contributed by atoms with Gasteiger partial charge in [-0.05, 0) is 55.7 Å². The Labute approximate surface area is 172 Å². The minimum absolute atomic E-state index is 0. The summed E-state index contributed by atoms with van der Waals surface area (Å²) in [6.45, 7) is 2.25. The lowest BCUT2D eigenvalue weighted by Crippen LogP contribution is -2.54. The van der Waals surface area contributed by atoms with E-state index >= 15 is 0 Å². The number of phenolic OH excluding ortho intramolecular Hbond substituents is 1. The van der Waals surface area contributed by atoms with Gasteiger partial charge in [0.2, 0.25) is 5.91 Å². The number of hydrogen-bond donors (Lipinski definition) is 2. The molecule has 6 nitrogen and oxygen atoms in total. The van der Waals surface area contributed by atoms with Crippen molar-refractivity contribution in [3.8, 4) is 5.75 Å². The predicted octanol–water partition coefficient (Wildman–Crippen LogP) is 2.25. The molecule has 4 rings (SSSR count). The Bertz CT molecular complexity index is 707. The van der Waals surface area contributed by atoms with Gasteiger partial charge in [-0.1, -0.05) is 12.5 Å². The number of aromatic hydroxyl groups is 1.